The standard InChI is InChI=1S/C20H25F2N3O2/c1-2-23-20(25-13-17(14-26)16-8-4-3-5-9-16)24-12-15-7-6-10-18(11-15)27-19(21)22/h3-11,17,19,26H,2,12-14H2,1H3,(H2,23,24,25). The van der Waals surface area contributed by atoms with Gasteiger partial charge in [0.25, 0.3) is 0 Å². The van der Waals surface area contributed by atoms with Crippen molar-refractivity contribution in [2.24, 2.45) is 4.99 Å². The molecule has 0 aliphatic rings. The van der Waals surface area contributed by atoms with E-state index in [1.807, 2.05) is 37.3 Å². The first-order chi connectivity index (χ1) is 13.1. The van der Waals surface area contributed by atoms with Crippen LogP contribution < -0.4 is 15.4 Å². The van der Waals surface area contributed by atoms with Crippen LogP contribution in [0.1, 0.15) is 24.0 Å². The van der Waals surface area contributed by atoms with Crippen LogP contribution in [0.25, 0.3) is 0 Å². The molecule has 0 amide bonds. The molecule has 2 rings (SSSR count). The number of benzene rings is 2. The van der Waals surface area contributed by atoms with E-state index in [0.717, 1.165) is 11.1 Å². The molecule has 0 heterocycles. The fraction of sp³-hybridized carbons (Fsp3) is 0.350. The fourth-order valence-electron chi connectivity index (χ4n) is 2.57. The van der Waals surface area contributed by atoms with Crippen LogP contribution in [0.5, 0.6) is 5.75 Å². The highest BCUT2D eigenvalue weighted by molar-refractivity contribution is 5.79. The van der Waals surface area contributed by atoms with Gasteiger partial charge in [-0.25, -0.2) is 4.99 Å². The average Bonchev–Trinajstić information content (AvgIpc) is 2.67. The van der Waals surface area contributed by atoms with Crippen LogP contribution in [0.4, 0.5) is 8.78 Å². The van der Waals surface area contributed by atoms with E-state index in [0.29, 0.717) is 25.6 Å². The topological polar surface area (TPSA) is 65.9 Å². The third-order valence-electron chi connectivity index (χ3n) is 3.89. The zero-order valence-corrected chi connectivity index (χ0v) is 15.2. The van der Waals surface area contributed by atoms with Gasteiger partial charge < -0.3 is 20.5 Å². The van der Waals surface area contributed by atoms with Gasteiger partial charge in [-0.3, -0.25) is 0 Å². The minimum Gasteiger partial charge on any atom is -0.435 e. The first kappa shape index (κ1) is 20.6. The van der Waals surface area contributed by atoms with Gasteiger partial charge in [0.1, 0.15) is 5.75 Å². The maximum Gasteiger partial charge on any atom is 0.387 e. The van der Waals surface area contributed by atoms with Gasteiger partial charge in [0.15, 0.2) is 5.96 Å². The highest BCUT2D eigenvalue weighted by Crippen LogP contribution is 2.17. The van der Waals surface area contributed by atoms with E-state index in [-0.39, 0.29) is 18.3 Å². The number of guanidine groups is 1. The Morgan fingerprint density at radius 3 is 2.56 bits per heavy atom. The smallest absolute Gasteiger partial charge is 0.387 e. The number of halogens is 2. The van der Waals surface area contributed by atoms with Crippen molar-refractivity contribution in [2.75, 3.05) is 19.7 Å². The summed E-state index contributed by atoms with van der Waals surface area (Å²) in [6.07, 6.45) is 0. The molecule has 1 atom stereocenters. The molecule has 146 valence electrons. The molecule has 7 heteroatoms. The SMILES string of the molecule is CCNC(=NCc1cccc(OC(F)F)c1)NCC(CO)c1ccccc1. The van der Waals surface area contributed by atoms with E-state index in [4.69, 9.17) is 0 Å². The molecule has 0 aromatic heterocycles. The van der Waals surface area contributed by atoms with Crippen molar-refractivity contribution in [1.29, 1.82) is 0 Å². The third-order valence-corrected chi connectivity index (χ3v) is 3.89. The molecule has 27 heavy (non-hydrogen) atoms. The number of hydrogen-bond donors (Lipinski definition) is 3. The van der Waals surface area contributed by atoms with Crippen LogP contribution in [0.2, 0.25) is 0 Å². The second kappa shape index (κ2) is 11.1. The van der Waals surface area contributed by atoms with Crippen LogP contribution >= 0.6 is 0 Å². The third kappa shape index (κ3) is 7.22. The number of nitrogens with zero attached hydrogens (tertiary/aromatic N) is 1. The highest BCUT2D eigenvalue weighted by Gasteiger charge is 2.11. The van der Waals surface area contributed by atoms with Crippen molar-refractivity contribution in [3.05, 3.63) is 65.7 Å². The molecule has 0 aliphatic heterocycles. The predicted molar refractivity (Wildman–Crippen MR) is 102 cm³/mol. The van der Waals surface area contributed by atoms with Gasteiger partial charge in [0.2, 0.25) is 0 Å². The van der Waals surface area contributed by atoms with E-state index in [9.17, 15) is 13.9 Å². The van der Waals surface area contributed by atoms with Gasteiger partial charge in [0.05, 0.1) is 13.2 Å². The molecule has 0 radical (unpaired) electrons. The fourth-order valence-corrected chi connectivity index (χ4v) is 2.57. The number of aliphatic imine (C=N–C) groups is 1. The first-order valence-corrected chi connectivity index (χ1v) is 8.84. The van der Waals surface area contributed by atoms with Crippen LogP contribution in [0.15, 0.2) is 59.6 Å². The van der Waals surface area contributed by atoms with Crippen molar-refractivity contribution < 1.29 is 18.6 Å². The first-order valence-electron chi connectivity index (χ1n) is 8.84. The summed E-state index contributed by atoms with van der Waals surface area (Å²) in [5, 5.41) is 16.0. The van der Waals surface area contributed by atoms with Gasteiger partial charge >= 0.3 is 6.61 Å². The van der Waals surface area contributed by atoms with E-state index in [1.165, 1.54) is 6.07 Å². The van der Waals surface area contributed by atoms with Crippen molar-refractivity contribution in [2.45, 2.75) is 26.0 Å². The van der Waals surface area contributed by atoms with Crippen molar-refractivity contribution >= 4 is 5.96 Å². The quantitative estimate of drug-likeness (QED) is 0.464. The maximum absolute atomic E-state index is 12.3. The number of aliphatic hydroxyl groups excluding tert-OH is 1. The molecular formula is C20H25F2N3O2. The second-order valence-corrected chi connectivity index (χ2v) is 5.89. The maximum atomic E-state index is 12.3. The van der Waals surface area contributed by atoms with Crippen molar-refractivity contribution in [3.8, 4) is 5.75 Å². The summed E-state index contributed by atoms with van der Waals surface area (Å²) in [6.45, 7) is 0.621. The van der Waals surface area contributed by atoms with Crippen molar-refractivity contribution in [1.82, 2.24) is 10.6 Å². The molecule has 0 spiro atoms. The second-order valence-electron chi connectivity index (χ2n) is 5.89. The van der Waals surface area contributed by atoms with E-state index in [2.05, 4.69) is 20.4 Å². The Morgan fingerprint density at radius 2 is 1.89 bits per heavy atom. The largest absolute Gasteiger partial charge is 0.435 e. The lowest BCUT2D eigenvalue weighted by molar-refractivity contribution is -0.0498. The summed E-state index contributed by atoms with van der Waals surface area (Å²) in [5.74, 6) is 0.643. The number of nitrogens with one attached hydrogen (secondary N) is 2. The Kier molecular flexibility index (Phi) is 8.51. The van der Waals surface area contributed by atoms with Gasteiger partial charge in [-0.2, -0.15) is 8.78 Å². The molecule has 1 unspecified atom stereocenters. The molecule has 0 aliphatic carbocycles. The zero-order chi connectivity index (χ0) is 19.5. The van der Waals surface area contributed by atoms with Gasteiger partial charge in [0, 0.05) is 19.0 Å². The summed E-state index contributed by atoms with van der Waals surface area (Å²) in [7, 11) is 0. The minimum atomic E-state index is -2.85. The number of rotatable bonds is 9. The molecule has 2 aromatic rings. The number of hydrogen-bond acceptors (Lipinski definition) is 3. The highest BCUT2D eigenvalue weighted by atomic mass is 19.3. The van der Waals surface area contributed by atoms with Crippen molar-refractivity contribution in [3.63, 3.8) is 0 Å². The Hall–Kier alpha value is -2.67. The lowest BCUT2D eigenvalue weighted by atomic mass is 10.0. The molecule has 3 N–H and O–H groups in total. The Bertz CT molecular complexity index is 711. The van der Waals surface area contributed by atoms with Crippen LogP contribution in [0.3, 0.4) is 0 Å². The minimum absolute atomic E-state index is 0.0173. The van der Waals surface area contributed by atoms with Crippen LogP contribution in [-0.2, 0) is 6.54 Å². The molecule has 0 bridgehead atoms. The average molecular weight is 377 g/mol. The Morgan fingerprint density at radius 1 is 1.11 bits per heavy atom. The molecular weight excluding hydrogens is 352 g/mol. The molecule has 0 saturated carbocycles. The summed E-state index contributed by atoms with van der Waals surface area (Å²) < 4.78 is 29.1. The van der Waals surface area contributed by atoms with Gasteiger partial charge in [-0.05, 0) is 30.2 Å². The Balaban J connectivity index is 1.99. The van der Waals surface area contributed by atoms with E-state index < -0.39 is 6.61 Å². The number of ether oxygens (including phenoxy) is 1. The molecule has 0 fully saturated rings. The van der Waals surface area contributed by atoms with Crippen LogP contribution in [-0.4, -0.2) is 37.4 Å². The predicted octanol–water partition coefficient (Wildman–Crippen LogP) is 3.12. The number of aliphatic hydroxyl groups is 1. The Labute approximate surface area is 158 Å². The lowest BCUT2D eigenvalue weighted by Crippen LogP contribution is -2.39. The number of alkyl halides is 2. The summed E-state index contributed by atoms with van der Waals surface area (Å²) in [4.78, 5) is 4.47. The zero-order valence-electron chi connectivity index (χ0n) is 15.2. The summed E-state index contributed by atoms with van der Waals surface area (Å²) in [6, 6.07) is 16.2. The van der Waals surface area contributed by atoms with Gasteiger partial charge in [-0.15, -0.1) is 0 Å². The van der Waals surface area contributed by atoms with E-state index >= 15 is 0 Å². The summed E-state index contributed by atoms with van der Waals surface area (Å²) in [5.41, 5.74) is 1.80. The summed E-state index contributed by atoms with van der Waals surface area (Å²) >= 11 is 0. The van der Waals surface area contributed by atoms with Crippen LogP contribution in [0, 0.1) is 0 Å². The van der Waals surface area contributed by atoms with Gasteiger partial charge in [-0.1, -0.05) is 42.5 Å². The monoisotopic (exact) mass is 377 g/mol. The lowest BCUT2D eigenvalue weighted by Gasteiger charge is -2.18. The molecule has 5 nitrogen and oxygen atoms in total. The van der Waals surface area contributed by atoms with E-state index in [1.54, 1.807) is 18.2 Å². The normalized spacial score (nSPS) is 12.7. The molecule has 2 aromatic carbocycles. The molecule has 0 saturated heterocycles.